The van der Waals surface area contributed by atoms with Crippen LogP contribution in [-0.2, 0) is 27.2 Å². The van der Waals surface area contributed by atoms with Gasteiger partial charge in [0.2, 0.25) is 5.91 Å². The van der Waals surface area contributed by atoms with E-state index in [4.69, 9.17) is 16.3 Å². The van der Waals surface area contributed by atoms with Crippen molar-refractivity contribution in [3.63, 3.8) is 0 Å². The highest BCUT2D eigenvalue weighted by Gasteiger charge is 2.30. The topological polar surface area (TPSA) is 114 Å². The molecule has 0 saturated heterocycles. The zero-order valence-electron chi connectivity index (χ0n) is 26.4. The number of rotatable bonds is 10. The summed E-state index contributed by atoms with van der Waals surface area (Å²) in [6.07, 6.45) is 3.76. The van der Waals surface area contributed by atoms with Crippen LogP contribution in [0.1, 0.15) is 57.0 Å². The Morgan fingerprint density at radius 1 is 1.04 bits per heavy atom. The Balaban J connectivity index is 1.31. The zero-order chi connectivity index (χ0) is 34.4. The predicted octanol–water partition coefficient (Wildman–Crippen LogP) is 7.98. The van der Waals surface area contributed by atoms with Crippen LogP contribution in [0.2, 0.25) is 5.02 Å². The number of carbonyl (C=O) groups excluding carboxylic acids is 4. The molecular formula is C36H33ClFN3O5S2. The number of hydrogen-bond acceptors (Lipinski definition) is 7. The number of benzene rings is 3. The number of halogens is 2. The lowest BCUT2D eigenvalue weighted by Crippen LogP contribution is -2.30. The summed E-state index contributed by atoms with van der Waals surface area (Å²) in [5.74, 6) is -2.20. The minimum absolute atomic E-state index is 0.0571. The van der Waals surface area contributed by atoms with Crippen LogP contribution in [0.25, 0.3) is 6.08 Å². The molecule has 0 aliphatic heterocycles. The first-order valence-electron chi connectivity index (χ1n) is 15.2. The van der Waals surface area contributed by atoms with Crippen molar-refractivity contribution in [1.82, 2.24) is 5.32 Å². The number of hydrogen-bond donors (Lipinski definition) is 3. The third-order valence-corrected chi connectivity index (χ3v) is 10.3. The maximum Gasteiger partial charge on any atom is 0.341 e. The number of ether oxygens (including phenoxy) is 1. The van der Waals surface area contributed by atoms with Gasteiger partial charge in [0.25, 0.3) is 11.8 Å². The molecule has 1 aliphatic rings. The number of thioether (sulfide) groups is 1. The highest BCUT2D eigenvalue weighted by Crippen LogP contribution is 2.40. The number of nitrogens with one attached hydrogen (secondary N) is 3. The summed E-state index contributed by atoms with van der Waals surface area (Å²) in [6.45, 7) is 3.92. The van der Waals surface area contributed by atoms with Gasteiger partial charge in [-0.15, -0.1) is 23.1 Å². The highest BCUT2D eigenvalue weighted by atomic mass is 35.5. The van der Waals surface area contributed by atoms with Gasteiger partial charge in [-0.3, -0.25) is 14.4 Å². The second-order valence-electron chi connectivity index (χ2n) is 11.3. The third kappa shape index (κ3) is 8.33. The average Bonchev–Trinajstić information content (AvgIpc) is 3.42. The molecule has 5 rings (SSSR count). The van der Waals surface area contributed by atoms with Crippen LogP contribution < -0.4 is 16.0 Å². The van der Waals surface area contributed by atoms with E-state index < -0.39 is 28.9 Å². The molecule has 0 radical (unpaired) electrons. The average molecular weight is 706 g/mol. The number of amides is 3. The molecule has 1 aromatic heterocycles. The Morgan fingerprint density at radius 2 is 1.79 bits per heavy atom. The van der Waals surface area contributed by atoms with Gasteiger partial charge in [0, 0.05) is 26.6 Å². The maximum absolute atomic E-state index is 14.7. The number of methoxy groups -OCH3 is 1. The van der Waals surface area contributed by atoms with Gasteiger partial charge in [-0.2, -0.15) is 0 Å². The second kappa shape index (κ2) is 15.6. The smallest absolute Gasteiger partial charge is 0.341 e. The summed E-state index contributed by atoms with van der Waals surface area (Å²) in [7, 11) is 1.33. The summed E-state index contributed by atoms with van der Waals surface area (Å²) in [6, 6.07) is 19.3. The molecule has 48 heavy (non-hydrogen) atoms. The molecule has 0 saturated carbocycles. The Labute approximate surface area is 291 Å². The van der Waals surface area contributed by atoms with Crippen molar-refractivity contribution in [3.8, 4) is 0 Å². The van der Waals surface area contributed by atoms with E-state index >= 15 is 0 Å². The molecule has 8 nitrogen and oxygen atoms in total. The first-order chi connectivity index (χ1) is 23.0. The van der Waals surface area contributed by atoms with Gasteiger partial charge in [0.15, 0.2) is 0 Å². The van der Waals surface area contributed by atoms with Gasteiger partial charge < -0.3 is 20.7 Å². The maximum atomic E-state index is 14.7. The molecule has 3 aromatic carbocycles. The summed E-state index contributed by atoms with van der Waals surface area (Å²) in [5.41, 5.74) is 1.78. The molecule has 248 valence electrons. The molecule has 0 fully saturated rings. The van der Waals surface area contributed by atoms with Crippen molar-refractivity contribution < 1.29 is 28.3 Å². The minimum Gasteiger partial charge on any atom is -0.465 e. The molecule has 3 N–H and O–H groups in total. The Morgan fingerprint density at radius 3 is 2.52 bits per heavy atom. The van der Waals surface area contributed by atoms with Crippen LogP contribution in [0.15, 0.2) is 83.4 Å². The minimum atomic E-state index is -0.710. The lowest BCUT2D eigenvalue weighted by atomic mass is 9.88. The first kappa shape index (κ1) is 34.9. The van der Waals surface area contributed by atoms with Gasteiger partial charge in [-0.25, -0.2) is 9.18 Å². The fraction of sp³-hybridized carbons (Fsp3) is 0.222. The summed E-state index contributed by atoms with van der Waals surface area (Å²) in [4.78, 5) is 54.2. The monoisotopic (exact) mass is 705 g/mol. The van der Waals surface area contributed by atoms with Crippen LogP contribution in [-0.4, -0.2) is 36.1 Å². The first-order valence-corrected chi connectivity index (χ1v) is 17.2. The summed E-state index contributed by atoms with van der Waals surface area (Å²) in [5, 5.41) is 8.25. The van der Waals surface area contributed by atoms with E-state index in [0.717, 1.165) is 29.7 Å². The number of fused-ring (bicyclic) bond motifs is 1. The van der Waals surface area contributed by atoms with Crippen molar-refractivity contribution in [2.45, 2.75) is 43.3 Å². The van der Waals surface area contributed by atoms with Crippen molar-refractivity contribution in [3.05, 3.63) is 116 Å². The largest absolute Gasteiger partial charge is 0.465 e. The lowest BCUT2D eigenvalue weighted by Gasteiger charge is -2.18. The van der Waals surface area contributed by atoms with Crippen LogP contribution in [0, 0.1) is 11.7 Å². The highest BCUT2D eigenvalue weighted by molar-refractivity contribution is 8.00. The molecule has 1 heterocycles. The number of carbonyl (C=O) groups is 4. The van der Waals surface area contributed by atoms with Crippen molar-refractivity contribution in [1.29, 1.82) is 0 Å². The Hall–Kier alpha value is -4.45. The van der Waals surface area contributed by atoms with E-state index in [0.29, 0.717) is 32.6 Å². The third-order valence-electron chi connectivity index (χ3n) is 7.73. The van der Waals surface area contributed by atoms with Crippen LogP contribution >= 0.6 is 34.7 Å². The molecule has 2 unspecified atom stereocenters. The quantitative estimate of drug-likeness (QED) is 0.0876. The van der Waals surface area contributed by atoms with Gasteiger partial charge >= 0.3 is 5.97 Å². The van der Waals surface area contributed by atoms with Gasteiger partial charge in [0.1, 0.15) is 16.5 Å². The predicted molar refractivity (Wildman–Crippen MR) is 189 cm³/mol. The Kier molecular flexibility index (Phi) is 11.4. The van der Waals surface area contributed by atoms with Gasteiger partial charge in [0.05, 0.1) is 22.9 Å². The SMILES string of the molecule is COC(=O)c1c(NC(=O)C(C)Sc2cccc(NC(=O)/C(=C\c3c(F)cccc3Cl)NC(=O)c3ccccc3)c2)sc2c1CCC(C)C2. The van der Waals surface area contributed by atoms with Crippen molar-refractivity contribution in [2.75, 3.05) is 17.7 Å². The van der Waals surface area contributed by atoms with E-state index in [9.17, 15) is 23.6 Å². The lowest BCUT2D eigenvalue weighted by molar-refractivity contribution is -0.115. The van der Waals surface area contributed by atoms with E-state index in [2.05, 4.69) is 22.9 Å². The molecule has 1 aliphatic carbocycles. The second-order valence-corrected chi connectivity index (χ2v) is 14.2. The number of thiophene rings is 1. The Bertz CT molecular complexity index is 1880. The van der Waals surface area contributed by atoms with Gasteiger partial charge in [-0.1, -0.05) is 48.9 Å². The van der Waals surface area contributed by atoms with Crippen LogP contribution in [0.3, 0.4) is 0 Å². The zero-order valence-corrected chi connectivity index (χ0v) is 28.8. The molecule has 12 heteroatoms. The molecule has 3 amide bonds. The number of anilines is 2. The van der Waals surface area contributed by atoms with E-state index in [1.54, 1.807) is 61.5 Å². The number of esters is 1. The molecule has 0 bridgehead atoms. The fourth-order valence-corrected chi connectivity index (χ4v) is 7.75. The normalized spacial score (nSPS) is 14.8. The van der Waals surface area contributed by atoms with Crippen molar-refractivity contribution in [2.24, 2.45) is 5.92 Å². The fourth-order valence-electron chi connectivity index (χ4n) is 5.21. The molecule has 0 spiro atoms. The summed E-state index contributed by atoms with van der Waals surface area (Å²) >= 11 is 8.90. The van der Waals surface area contributed by atoms with E-state index in [1.165, 1.54) is 54.5 Å². The summed E-state index contributed by atoms with van der Waals surface area (Å²) < 4.78 is 19.7. The standard InChI is InChI=1S/C36H33ClFN3O5S2/c1-20-15-16-25-30(17-20)48-35(31(25)36(45)46-3)41-32(42)21(2)47-24-12-7-11-23(18-24)39-34(44)29(19-26-27(37)13-8-14-28(26)38)40-33(43)22-9-5-4-6-10-22/h4-14,18-21H,15-17H2,1-3H3,(H,39,44)(H,40,43)(H,41,42)/b29-19+. The molecule has 4 aromatic rings. The van der Waals surface area contributed by atoms with E-state index in [-0.39, 0.29) is 22.2 Å². The van der Waals surface area contributed by atoms with E-state index in [1.807, 2.05) is 0 Å². The van der Waals surface area contributed by atoms with Crippen LogP contribution in [0.5, 0.6) is 0 Å². The molecular weight excluding hydrogens is 673 g/mol. The van der Waals surface area contributed by atoms with Crippen LogP contribution in [0.4, 0.5) is 15.1 Å². The van der Waals surface area contributed by atoms with Gasteiger partial charge in [-0.05, 0) is 86.2 Å². The molecule has 2 atom stereocenters. The van der Waals surface area contributed by atoms with Crippen molar-refractivity contribution >= 4 is 75.2 Å².